The van der Waals surface area contributed by atoms with E-state index in [1.807, 2.05) is 13.8 Å². The van der Waals surface area contributed by atoms with E-state index < -0.39 is 16.1 Å². The monoisotopic (exact) mass is 296 g/mol. The minimum Gasteiger partial charge on any atom is -0.484 e. The maximum Gasteiger partial charge on any atom is 0.333 e. The fourth-order valence-electron chi connectivity index (χ4n) is 1.65. The molecule has 6 heteroatoms. The number of ether oxygens (including phenoxy) is 1. The largest absolute Gasteiger partial charge is 0.484 e. The Labute approximate surface area is 125 Å². The van der Waals surface area contributed by atoms with Gasteiger partial charge in [0.15, 0.2) is 5.75 Å². The fourth-order valence-corrected chi connectivity index (χ4v) is 1.65. The van der Waals surface area contributed by atoms with Gasteiger partial charge in [-0.1, -0.05) is 6.07 Å². The number of benzene rings is 1. The molecule has 0 radical (unpaired) electrons. The summed E-state index contributed by atoms with van der Waals surface area (Å²) in [5, 5.41) is 24.6. The van der Waals surface area contributed by atoms with Crippen LogP contribution in [0.2, 0.25) is 0 Å². The first kappa shape index (κ1) is 17.2. The average molecular weight is 296 g/mol. The number of hydrogen-bond acceptors (Lipinski definition) is 5. The minimum atomic E-state index is -1.06. The highest BCUT2D eigenvalue weighted by Gasteiger charge is 2.37. The summed E-state index contributed by atoms with van der Waals surface area (Å²) in [5.74, 6) is 0.214. The molecule has 0 aliphatic carbocycles. The first-order valence-corrected chi connectivity index (χ1v) is 6.90. The third kappa shape index (κ3) is 4.07. The first-order valence-electron chi connectivity index (χ1n) is 6.90. The lowest BCUT2D eigenvalue weighted by molar-refractivity contribution is -0.385. The van der Waals surface area contributed by atoms with Gasteiger partial charge < -0.3 is 15.2 Å². The van der Waals surface area contributed by atoms with Crippen LogP contribution in [0, 0.1) is 10.1 Å². The van der Waals surface area contributed by atoms with Crippen molar-refractivity contribution in [2.75, 3.05) is 5.32 Å². The van der Waals surface area contributed by atoms with Crippen LogP contribution in [0.1, 0.15) is 41.5 Å². The molecule has 21 heavy (non-hydrogen) atoms. The number of anilines is 1. The van der Waals surface area contributed by atoms with Crippen molar-refractivity contribution in [1.82, 2.24) is 0 Å². The highest BCUT2D eigenvalue weighted by Crippen LogP contribution is 2.38. The third-order valence-electron chi connectivity index (χ3n) is 3.52. The number of nitrogens with one attached hydrogen (secondary N) is 1. The van der Waals surface area contributed by atoms with Gasteiger partial charge in [-0.25, -0.2) is 0 Å². The molecule has 0 atom stereocenters. The molecule has 0 saturated heterocycles. The van der Waals surface area contributed by atoms with Crippen molar-refractivity contribution in [2.24, 2.45) is 0 Å². The zero-order chi connectivity index (χ0) is 16.4. The maximum atomic E-state index is 11.4. The van der Waals surface area contributed by atoms with Gasteiger partial charge in [0.05, 0.1) is 22.2 Å². The van der Waals surface area contributed by atoms with E-state index in [0.717, 1.165) is 0 Å². The number of para-hydroxylation sites is 1. The summed E-state index contributed by atoms with van der Waals surface area (Å²) in [4.78, 5) is 10.9. The molecule has 0 spiro atoms. The van der Waals surface area contributed by atoms with Crippen molar-refractivity contribution < 1.29 is 14.8 Å². The third-order valence-corrected chi connectivity index (χ3v) is 3.52. The second-order valence-electron chi connectivity index (χ2n) is 6.39. The molecular formula is C15H24N2O4. The highest BCUT2D eigenvalue weighted by molar-refractivity contribution is 5.69. The smallest absolute Gasteiger partial charge is 0.333 e. The molecule has 0 heterocycles. The molecular weight excluding hydrogens is 272 g/mol. The standard InChI is InChI=1S/C15H24N2O4/c1-10(2)21-12-9-7-8-11(13(12)17(19)20)16-14(3,4)15(5,6)18/h7-10,16,18H,1-6H3. The second-order valence-corrected chi connectivity index (χ2v) is 6.39. The zero-order valence-corrected chi connectivity index (χ0v) is 13.4. The molecule has 1 rings (SSSR count). The van der Waals surface area contributed by atoms with Crippen LogP contribution in [0.5, 0.6) is 5.75 Å². The van der Waals surface area contributed by atoms with E-state index in [2.05, 4.69) is 5.32 Å². The Balaban J connectivity index is 3.28. The van der Waals surface area contributed by atoms with Gasteiger partial charge in [0.25, 0.3) is 0 Å². The normalized spacial score (nSPS) is 12.4. The van der Waals surface area contributed by atoms with Crippen molar-refractivity contribution in [3.63, 3.8) is 0 Å². The van der Waals surface area contributed by atoms with Crippen LogP contribution in [-0.4, -0.2) is 27.3 Å². The number of rotatable bonds is 6. The highest BCUT2D eigenvalue weighted by atomic mass is 16.6. The second kappa shape index (κ2) is 5.89. The lowest BCUT2D eigenvalue weighted by atomic mass is 9.85. The minimum absolute atomic E-state index is 0.122. The lowest BCUT2D eigenvalue weighted by Crippen LogP contribution is -2.51. The van der Waals surface area contributed by atoms with Crippen LogP contribution in [-0.2, 0) is 0 Å². The molecule has 1 aromatic carbocycles. The van der Waals surface area contributed by atoms with Gasteiger partial charge in [0.2, 0.25) is 0 Å². The molecule has 6 nitrogen and oxygen atoms in total. The van der Waals surface area contributed by atoms with E-state index in [0.29, 0.717) is 5.69 Å². The quantitative estimate of drug-likeness (QED) is 0.621. The molecule has 0 aromatic heterocycles. The summed E-state index contributed by atoms with van der Waals surface area (Å²) in [6.45, 7) is 10.5. The summed E-state index contributed by atoms with van der Waals surface area (Å²) < 4.78 is 5.50. The molecule has 0 saturated carbocycles. The summed E-state index contributed by atoms with van der Waals surface area (Å²) in [6.07, 6.45) is -0.166. The summed E-state index contributed by atoms with van der Waals surface area (Å²) >= 11 is 0. The van der Waals surface area contributed by atoms with E-state index in [1.54, 1.807) is 45.9 Å². The number of nitro groups is 1. The first-order chi connectivity index (χ1) is 9.45. The number of nitrogens with zero attached hydrogens (tertiary/aromatic N) is 1. The van der Waals surface area contributed by atoms with E-state index in [-0.39, 0.29) is 17.5 Å². The predicted molar refractivity (Wildman–Crippen MR) is 82.9 cm³/mol. The molecule has 2 N–H and O–H groups in total. The molecule has 0 amide bonds. The van der Waals surface area contributed by atoms with Crippen molar-refractivity contribution in [2.45, 2.75) is 58.8 Å². The van der Waals surface area contributed by atoms with Crippen LogP contribution in [0.25, 0.3) is 0 Å². The summed E-state index contributed by atoms with van der Waals surface area (Å²) in [5.41, 5.74) is -1.61. The van der Waals surface area contributed by atoms with Gasteiger partial charge in [0, 0.05) is 0 Å². The Kier molecular flexibility index (Phi) is 4.83. The van der Waals surface area contributed by atoms with E-state index >= 15 is 0 Å². The van der Waals surface area contributed by atoms with Crippen LogP contribution >= 0.6 is 0 Å². The Bertz CT molecular complexity index is 519. The maximum absolute atomic E-state index is 11.4. The Morgan fingerprint density at radius 3 is 2.29 bits per heavy atom. The molecule has 0 bridgehead atoms. The topological polar surface area (TPSA) is 84.6 Å². The van der Waals surface area contributed by atoms with Crippen LogP contribution < -0.4 is 10.1 Å². The van der Waals surface area contributed by atoms with Crippen molar-refractivity contribution in [3.05, 3.63) is 28.3 Å². The van der Waals surface area contributed by atoms with E-state index in [9.17, 15) is 15.2 Å². The van der Waals surface area contributed by atoms with Crippen LogP contribution in [0.3, 0.4) is 0 Å². The summed E-state index contributed by atoms with van der Waals surface area (Å²) in [6, 6.07) is 4.87. The molecule has 1 aromatic rings. The van der Waals surface area contributed by atoms with Gasteiger partial charge >= 0.3 is 5.69 Å². The van der Waals surface area contributed by atoms with Gasteiger partial charge in [-0.05, 0) is 53.7 Å². The van der Waals surface area contributed by atoms with Gasteiger partial charge in [-0.15, -0.1) is 0 Å². The zero-order valence-electron chi connectivity index (χ0n) is 13.4. The molecule has 0 aliphatic rings. The molecule has 118 valence electrons. The molecule has 0 unspecified atom stereocenters. The number of nitro benzene ring substituents is 1. The lowest BCUT2D eigenvalue weighted by Gasteiger charge is -2.38. The van der Waals surface area contributed by atoms with Gasteiger partial charge in [-0.3, -0.25) is 10.1 Å². The Morgan fingerprint density at radius 2 is 1.86 bits per heavy atom. The van der Waals surface area contributed by atoms with Crippen LogP contribution in [0.4, 0.5) is 11.4 Å². The Hall–Kier alpha value is -1.82. The summed E-state index contributed by atoms with van der Waals surface area (Å²) in [7, 11) is 0. The van der Waals surface area contributed by atoms with E-state index in [1.165, 1.54) is 0 Å². The average Bonchev–Trinajstić information content (AvgIpc) is 2.25. The van der Waals surface area contributed by atoms with E-state index in [4.69, 9.17) is 4.74 Å². The molecule has 0 aliphatic heterocycles. The molecule has 0 fully saturated rings. The SMILES string of the molecule is CC(C)Oc1cccc(NC(C)(C)C(C)(C)O)c1[N+](=O)[O-]. The van der Waals surface area contributed by atoms with Gasteiger partial charge in [-0.2, -0.15) is 0 Å². The van der Waals surface area contributed by atoms with Crippen molar-refractivity contribution in [1.29, 1.82) is 0 Å². The van der Waals surface area contributed by atoms with Crippen molar-refractivity contribution >= 4 is 11.4 Å². The number of hydrogen-bond donors (Lipinski definition) is 2. The number of aliphatic hydroxyl groups is 1. The van der Waals surface area contributed by atoms with Crippen LogP contribution in [0.15, 0.2) is 18.2 Å². The van der Waals surface area contributed by atoms with Gasteiger partial charge in [0.1, 0.15) is 5.69 Å². The predicted octanol–water partition coefficient (Wildman–Crippen LogP) is 3.34. The van der Waals surface area contributed by atoms with Crippen molar-refractivity contribution in [3.8, 4) is 5.75 Å². The Morgan fingerprint density at radius 1 is 1.29 bits per heavy atom. The fraction of sp³-hybridized carbons (Fsp3) is 0.600.